The molecule has 0 aliphatic rings. The Bertz CT molecular complexity index is 1220. The van der Waals surface area contributed by atoms with Gasteiger partial charge in [-0.2, -0.15) is 5.10 Å². The summed E-state index contributed by atoms with van der Waals surface area (Å²) in [6, 6.07) is 25.8. The van der Waals surface area contributed by atoms with E-state index in [2.05, 4.69) is 16.0 Å². The summed E-state index contributed by atoms with van der Waals surface area (Å²) in [6.07, 6.45) is 1.65. The van der Waals surface area contributed by atoms with E-state index in [4.69, 9.17) is 4.74 Å². The van der Waals surface area contributed by atoms with Gasteiger partial charge in [-0.15, -0.1) is 0 Å². The van der Waals surface area contributed by atoms with E-state index in [0.29, 0.717) is 29.2 Å². The quantitative estimate of drug-likeness (QED) is 0.456. The Hall–Kier alpha value is -4.39. The minimum Gasteiger partial charge on any atom is -0.493 e. The largest absolute Gasteiger partial charge is 0.493 e. The van der Waals surface area contributed by atoms with E-state index in [-0.39, 0.29) is 0 Å². The molecule has 1 heterocycles. The highest BCUT2D eigenvalue weighted by molar-refractivity contribution is 6.03. The predicted molar refractivity (Wildman–Crippen MR) is 122 cm³/mol. The van der Waals surface area contributed by atoms with E-state index in [0.717, 1.165) is 11.3 Å². The summed E-state index contributed by atoms with van der Waals surface area (Å²) >= 11 is 0. The molecule has 2 amide bonds. The third-order valence-electron chi connectivity index (χ3n) is 4.75. The highest BCUT2D eigenvalue weighted by Gasteiger charge is 2.20. The van der Waals surface area contributed by atoms with Crippen molar-refractivity contribution in [2.45, 2.75) is 6.92 Å². The molecule has 0 saturated carbocycles. The Kier molecular flexibility index (Phi) is 6.27. The number of hydrazine groups is 1. The number of rotatable bonds is 6. The zero-order valence-corrected chi connectivity index (χ0v) is 17.5. The zero-order valence-electron chi connectivity index (χ0n) is 17.5. The maximum atomic E-state index is 13.0. The molecule has 3 aromatic carbocycles. The molecule has 0 fully saturated rings. The summed E-state index contributed by atoms with van der Waals surface area (Å²) in [5.41, 5.74) is 7.75. The number of para-hydroxylation sites is 2. The molecule has 7 nitrogen and oxygen atoms in total. The lowest BCUT2D eigenvalue weighted by molar-refractivity contribution is 0.0844. The minimum atomic E-state index is -0.478. The summed E-state index contributed by atoms with van der Waals surface area (Å²) in [5, 5.41) is 4.62. The first-order valence-electron chi connectivity index (χ1n) is 10.2. The van der Waals surface area contributed by atoms with Crippen LogP contribution in [0.2, 0.25) is 0 Å². The van der Waals surface area contributed by atoms with Crippen LogP contribution in [0.25, 0.3) is 16.9 Å². The van der Waals surface area contributed by atoms with Crippen LogP contribution in [0.5, 0.6) is 5.75 Å². The summed E-state index contributed by atoms with van der Waals surface area (Å²) in [5.74, 6) is -0.504. The van der Waals surface area contributed by atoms with Gasteiger partial charge in [-0.05, 0) is 31.2 Å². The van der Waals surface area contributed by atoms with Crippen molar-refractivity contribution in [2.75, 3.05) is 6.61 Å². The number of carbonyl (C=O) groups excluding carboxylic acids is 2. The summed E-state index contributed by atoms with van der Waals surface area (Å²) in [4.78, 5) is 25.7. The Morgan fingerprint density at radius 1 is 0.812 bits per heavy atom. The second-order valence-electron chi connectivity index (χ2n) is 6.87. The second kappa shape index (κ2) is 9.61. The molecule has 7 heteroatoms. The second-order valence-corrected chi connectivity index (χ2v) is 6.87. The van der Waals surface area contributed by atoms with Crippen LogP contribution in [-0.4, -0.2) is 28.2 Å². The third-order valence-corrected chi connectivity index (χ3v) is 4.75. The predicted octanol–water partition coefficient (Wildman–Crippen LogP) is 4.01. The Morgan fingerprint density at radius 3 is 2.09 bits per heavy atom. The van der Waals surface area contributed by atoms with Crippen LogP contribution in [-0.2, 0) is 0 Å². The Morgan fingerprint density at radius 2 is 1.41 bits per heavy atom. The van der Waals surface area contributed by atoms with Crippen LogP contribution in [0.3, 0.4) is 0 Å². The van der Waals surface area contributed by atoms with Crippen molar-refractivity contribution in [1.29, 1.82) is 0 Å². The maximum absolute atomic E-state index is 13.0. The van der Waals surface area contributed by atoms with E-state index in [1.807, 2.05) is 67.6 Å². The molecule has 0 spiro atoms. The van der Waals surface area contributed by atoms with Gasteiger partial charge in [0.2, 0.25) is 0 Å². The average molecular weight is 426 g/mol. The molecule has 0 bridgehead atoms. The van der Waals surface area contributed by atoms with Crippen LogP contribution in [0.4, 0.5) is 0 Å². The summed E-state index contributed by atoms with van der Waals surface area (Å²) in [6.45, 7) is 2.27. The van der Waals surface area contributed by atoms with Gasteiger partial charge in [0.1, 0.15) is 11.4 Å². The highest BCUT2D eigenvalue weighted by Crippen LogP contribution is 2.23. The first-order chi connectivity index (χ1) is 15.7. The van der Waals surface area contributed by atoms with Gasteiger partial charge in [0, 0.05) is 11.8 Å². The molecule has 0 unspecified atom stereocenters. The monoisotopic (exact) mass is 426 g/mol. The highest BCUT2D eigenvalue weighted by atomic mass is 16.5. The first kappa shape index (κ1) is 20.9. The third kappa shape index (κ3) is 4.52. The molecular weight excluding hydrogens is 404 g/mol. The van der Waals surface area contributed by atoms with Crippen molar-refractivity contribution in [2.24, 2.45) is 0 Å². The number of hydrogen-bond donors (Lipinski definition) is 2. The molecular formula is C25H22N4O3. The van der Waals surface area contributed by atoms with Crippen LogP contribution in [0.15, 0.2) is 91.1 Å². The fourth-order valence-corrected chi connectivity index (χ4v) is 3.25. The van der Waals surface area contributed by atoms with E-state index in [9.17, 15) is 9.59 Å². The van der Waals surface area contributed by atoms with Gasteiger partial charge in [-0.3, -0.25) is 20.4 Å². The van der Waals surface area contributed by atoms with Crippen molar-refractivity contribution in [3.8, 4) is 22.7 Å². The number of aromatic nitrogens is 2. The number of benzene rings is 3. The molecule has 4 aromatic rings. The van der Waals surface area contributed by atoms with Gasteiger partial charge < -0.3 is 4.74 Å². The smallest absolute Gasteiger partial charge is 0.273 e. The molecule has 0 aliphatic heterocycles. The van der Waals surface area contributed by atoms with Crippen molar-refractivity contribution in [3.63, 3.8) is 0 Å². The molecule has 160 valence electrons. The standard InChI is InChI=1S/C25H22N4O3/c1-2-32-22-16-10-9-15-20(22)24(30)26-27-25(31)21-17-29(19-13-7-4-8-14-19)28-23(21)18-11-5-3-6-12-18/h3-17H,2H2,1H3,(H,26,30)(H,27,31). The fraction of sp³-hybridized carbons (Fsp3) is 0.0800. The molecule has 0 radical (unpaired) electrons. The van der Waals surface area contributed by atoms with E-state index < -0.39 is 11.8 Å². The number of hydrogen-bond acceptors (Lipinski definition) is 4. The topological polar surface area (TPSA) is 85.3 Å². The Balaban J connectivity index is 1.59. The lowest BCUT2D eigenvalue weighted by Crippen LogP contribution is -2.41. The van der Waals surface area contributed by atoms with E-state index in [1.54, 1.807) is 35.1 Å². The van der Waals surface area contributed by atoms with Crippen molar-refractivity contribution in [3.05, 3.63) is 102 Å². The van der Waals surface area contributed by atoms with Gasteiger partial charge >= 0.3 is 0 Å². The zero-order chi connectivity index (χ0) is 22.3. The van der Waals surface area contributed by atoms with Crippen molar-refractivity contribution >= 4 is 11.8 Å². The van der Waals surface area contributed by atoms with Crippen LogP contribution < -0.4 is 15.6 Å². The molecule has 0 aliphatic carbocycles. The molecule has 0 saturated heterocycles. The van der Waals surface area contributed by atoms with Crippen molar-refractivity contribution in [1.82, 2.24) is 20.6 Å². The van der Waals surface area contributed by atoms with E-state index in [1.165, 1.54) is 0 Å². The van der Waals surface area contributed by atoms with Crippen LogP contribution in [0.1, 0.15) is 27.6 Å². The number of nitrogens with zero attached hydrogens (tertiary/aromatic N) is 2. The molecule has 2 N–H and O–H groups in total. The number of amides is 2. The average Bonchev–Trinajstić information content (AvgIpc) is 3.30. The molecule has 4 rings (SSSR count). The number of nitrogens with one attached hydrogen (secondary N) is 2. The fourth-order valence-electron chi connectivity index (χ4n) is 3.25. The van der Waals surface area contributed by atoms with Gasteiger partial charge in [0.05, 0.1) is 23.4 Å². The van der Waals surface area contributed by atoms with Crippen LogP contribution in [0, 0.1) is 0 Å². The number of ether oxygens (including phenoxy) is 1. The van der Waals surface area contributed by atoms with Crippen LogP contribution >= 0.6 is 0 Å². The lowest BCUT2D eigenvalue weighted by Gasteiger charge is -2.11. The van der Waals surface area contributed by atoms with Gasteiger partial charge in [-0.1, -0.05) is 60.7 Å². The molecule has 0 atom stereocenters. The normalized spacial score (nSPS) is 10.4. The number of carbonyl (C=O) groups is 2. The van der Waals surface area contributed by atoms with E-state index >= 15 is 0 Å². The van der Waals surface area contributed by atoms with Gasteiger partial charge in [-0.25, -0.2) is 4.68 Å². The minimum absolute atomic E-state index is 0.331. The maximum Gasteiger partial charge on any atom is 0.273 e. The summed E-state index contributed by atoms with van der Waals surface area (Å²) < 4.78 is 7.13. The molecule has 1 aromatic heterocycles. The first-order valence-corrected chi connectivity index (χ1v) is 10.2. The lowest BCUT2D eigenvalue weighted by atomic mass is 10.1. The van der Waals surface area contributed by atoms with Crippen molar-refractivity contribution < 1.29 is 14.3 Å². The van der Waals surface area contributed by atoms with Gasteiger partial charge in [0.15, 0.2) is 0 Å². The van der Waals surface area contributed by atoms with Gasteiger partial charge in [0.25, 0.3) is 11.8 Å². The Labute approximate surface area is 185 Å². The molecule has 32 heavy (non-hydrogen) atoms. The SMILES string of the molecule is CCOc1ccccc1C(=O)NNC(=O)c1cn(-c2ccccc2)nc1-c1ccccc1. The summed E-state index contributed by atoms with van der Waals surface area (Å²) in [7, 11) is 0.